The number of anilines is 1. The maximum atomic E-state index is 12.6. The number of fused-ring (bicyclic) bond motifs is 1. The first-order valence-electron chi connectivity index (χ1n) is 15.0. The quantitative estimate of drug-likeness (QED) is 0.122. The zero-order chi connectivity index (χ0) is 32.9. The molecule has 1 N–H and O–H groups in total. The number of aryl methyl sites for hydroxylation is 2. The van der Waals surface area contributed by atoms with Gasteiger partial charge in [-0.1, -0.05) is 6.92 Å². The number of aromatic nitrogens is 3. The Balaban J connectivity index is 1.36. The first kappa shape index (κ1) is 33.2. The minimum Gasteiger partial charge on any atom is -0.477 e. The summed E-state index contributed by atoms with van der Waals surface area (Å²) in [5.41, 5.74) is 3.99. The van der Waals surface area contributed by atoms with Crippen LogP contribution in [0.15, 0.2) is 30.5 Å². The Morgan fingerprint density at radius 2 is 1.98 bits per heavy atom. The third-order valence-corrected chi connectivity index (χ3v) is 7.47. The number of hydrogen-bond donors (Lipinski definition) is 1. The second-order valence-electron chi connectivity index (χ2n) is 12.3. The second-order valence-corrected chi connectivity index (χ2v) is 12.3. The number of nitro groups is 1. The fourth-order valence-electron chi connectivity index (χ4n) is 5.27. The number of rotatable bonds is 11. The zero-order valence-corrected chi connectivity index (χ0v) is 27.0. The molecule has 0 unspecified atom stereocenters. The van der Waals surface area contributed by atoms with Crippen molar-refractivity contribution < 1.29 is 28.7 Å². The fourth-order valence-corrected chi connectivity index (χ4v) is 5.27. The van der Waals surface area contributed by atoms with E-state index in [9.17, 15) is 19.7 Å². The standard InChI is InChI=1S/C32H42N6O7/c1-20(9-8-14-44-29-25(18-34-36(29)6)26-16-23(30(39)43-7)15-21(2)35-26)17-33-28-24-12-13-37(31(40)45-32(3,4)5)19-22(24)10-11-27(28)38(41)42/h10-11,15-16,18,20,33H,8-9,12-14,17,19H2,1-7H3/t20-/m1/s1. The molecule has 13 nitrogen and oxygen atoms in total. The molecular formula is C32H42N6O7. The molecule has 1 aliphatic heterocycles. The predicted octanol–water partition coefficient (Wildman–Crippen LogP) is 5.69. The Morgan fingerprint density at radius 3 is 2.67 bits per heavy atom. The highest BCUT2D eigenvalue weighted by Crippen LogP contribution is 2.35. The molecule has 1 aromatic carbocycles. The number of ether oxygens (including phenoxy) is 3. The molecule has 3 heterocycles. The molecule has 3 aromatic rings. The molecular weight excluding hydrogens is 580 g/mol. The van der Waals surface area contributed by atoms with Gasteiger partial charge in [0, 0.05) is 38.4 Å². The number of esters is 1. The van der Waals surface area contributed by atoms with E-state index >= 15 is 0 Å². The molecule has 1 amide bonds. The number of carbonyl (C=O) groups is 2. The smallest absolute Gasteiger partial charge is 0.410 e. The van der Waals surface area contributed by atoms with Gasteiger partial charge in [0.15, 0.2) is 0 Å². The van der Waals surface area contributed by atoms with Gasteiger partial charge in [0.1, 0.15) is 11.3 Å². The van der Waals surface area contributed by atoms with Crippen LogP contribution >= 0.6 is 0 Å². The Morgan fingerprint density at radius 1 is 1.22 bits per heavy atom. The average molecular weight is 623 g/mol. The minimum atomic E-state index is -0.602. The third kappa shape index (κ3) is 8.28. The molecule has 4 rings (SSSR count). The number of nitrogens with one attached hydrogen (secondary N) is 1. The van der Waals surface area contributed by atoms with Crippen molar-refractivity contribution in [2.75, 3.05) is 32.1 Å². The Kier molecular flexibility index (Phi) is 10.3. The van der Waals surface area contributed by atoms with Crippen LogP contribution in [0.3, 0.4) is 0 Å². The number of carbonyl (C=O) groups excluding carboxylic acids is 2. The lowest BCUT2D eigenvalue weighted by Crippen LogP contribution is -2.40. The first-order chi connectivity index (χ1) is 21.3. The first-order valence-corrected chi connectivity index (χ1v) is 15.0. The van der Waals surface area contributed by atoms with E-state index in [1.165, 1.54) is 13.2 Å². The average Bonchev–Trinajstić information content (AvgIpc) is 3.35. The van der Waals surface area contributed by atoms with E-state index in [1.807, 2.05) is 20.8 Å². The summed E-state index contributed by atoms with van der Waals surface area (Å²) in [5, 5.41) is 19.5. The summed E-state index contributed by atoms with van der Waals surface area (Å²) in [5.74, 6) is 0.291. The van der Waals surface area contributed by atoms with E-state index in [1.54, 1.807) is 47.9 Å². The molecule has 0 spiro atoms. The lowest BCUT2D eigenvalue weighted by molar-refractivity contribution is -0.384. The normalized spacial score (nSPS) is 13.5. The van der Waals surface area contributed by atoms with Gasteiger partial charge in [0.2, 0.25) is 5.88 Å². The SMILES string of the molecule is COC(=O)c1cc(C)nc(-c2cnn(C)c2OCCC[C@@H](C)CNc2c([N+](=O)[O-])ccc3c2CCN(C(=O)OC(C)(C)C)C3)c1. The van der Waals surface area contributed by atoms with Gasteiger partial charge in [0.25, 0.3) is 5.69 Å². The van der Waals surface area contributed by atoms with Crippen molar-refractivity contribution in [3.63, 3.8) is 0 Å². The second kappa shape index (κ2) is 14.0. The van der Waals surface area contributed by atoms with Crippen LogP contribution < -0.4 is 10.1 Å². The van der Waals surface area contributed by atoms with Crippen LogP contribution in [0.1, 0.15) is 67.7 Å². The van der Waals surface area contributed by atoms with Gasteiger partial charge in [-0.3, -0.25) is 15.1 Å². The van der Waals surface area contributed by atoms with Gasteiger partial charge in [-0.05, 0) is 82.2 Å². The molecule has 13 heteroatoms. The molecule has 0 saturated carbocycles. The van der Waals surface area contributed by atoms with E-state index < -0.39 is 17.7 Å². The summed E-state index contributed by atoms with van der Waals surface area (Å²) in [6.45, 7) is 11.1. The predicted molar refractivity (Wildman–Crippen MR) is 168 cm³/mol. The Bertz CT molecular complexity index is 1560. The number of hydrogen-bond acceptors (Lipinski definition) is 10. The highest BCUT2D eigenvalue weighted by Gasteiger charge is 2.30. The molecule has 0 fully saturated rings. The van der Waals surface area contributed by atoms with Crippen LogP contribution in [0.5, 0.6) is 5.88 Å². The van der Waals surface area contributed by atoms with Crippen LogP contribution in [0.25, 0.3) is 11.3 Å². The number of pyridine rings is 1. The van der Waals surface area contributed by atoms with Gasteiger partial charge in [0.05, 0.1) is 41.7 Å². The molecule has 0 aliphatic carbocycles. The number of methoxy groups -OCH3 is 1. The van der Waals surface area contributed by atoms with Gasteiger partial charge in [-0.25, -0.2) is 14.3 Å². The molecule has 1 atom stereocenters. The lowest BCUT2D eigenvalue weighted by Gasteiger charge is -2.32. The largest absolute Gasteiger partial charge is 0.477 e. The molecule has 2 aromatic heterocycles. The van der Waals surface area contributed by atoms with Gasteiger partial charge >= 0.3 is 12.1 Å². The van der Waals surface area contributed by atoms with Gasteiger partial charge in [-0.2, -0.15) is 5.10 Å². The van der Waals surface area contributed by atoms with Crippen molar-refractivity contribution in [1.82, 2.24) is 19.7 Å². The number of nitro benzene ring substituents is 1. The Hall–Kier alpha value is -4.68. The summed E-state index contributed by atoms with van der Waals surface area (Å²) >= 11 is 0. The van der Waals surface area contributed by atoms with Gasteiger partial charge in [-0.15, -0.1) is 0 Å². The van der Waals surface area contributed by atoms with Crippen LogP contribution in [0.4, 0.5) is 16.2 Å². The van der Waals surface area contributed by atoms with E-state index in [4.69, 9.17) is 14.2 Å². The molecule has 0 bridgehead atoms. The van der Waals surface area contributed by atoms with E-state index in [0.29, 0.717) is 66.7 Å². The van der Waals surface area contributed by atoms with E-state index in [0.717, 1.165) is 24.0 Å². The summed E-state index contributed by atoms with van der Waals surface area (Å²) < 4.78 is 18.1. The number of benzene rings is 1. The van der Waals surface area contributed by atoms with Crippen LogP contribution in [0, 0.1) is 23.0 Å². The summed E-state index contributed by atoms with van der Waals surface area (Å²) in [7, 11) is 3.12. The maximum Gasteiger partial charge on any atom is 0.410 e. The fraction of sp³-hybridized carbons (Fsp3) is 0.500. The van der Waals surface area contributed by atoms with Crippen molar-refractivity contribution in [2.24, 2.45) is 13.0 Å². The van der Waals surface area contributed by atoms with Crippen LogP contribution in [-0.2, 0) is 29.5 Å². The minimum absolute atomic E-state index is 0.0267. The molecule has 0 radical (unpaired) electrons. The molecule has 1 aliphatic rings. The van der Waals surface area contributed by atoms with Crippen molar-refractivity contribution >= 4 is 23.4 Å². The van der Waals surface area contributed by atoms with E-state index in [-0.39, 0.29) is 16.5 Å². The van der Waals surface area contributed by atoms with E-state index in [2.05, 4.69) is 22.3 Å². The van der Waals surface area contributed by atoms with Crippen molar-refractivity contribution in [1.29, 1.82) is 0 Å². The van der Waals surface area contributed by atoms with Crippen LogP contribution in [0.2, 0.25) is 0 Å². The monoisotopic (exact) mass is 622 g/mol. The molecule has 45 heavy (non-hydrogen) atoms. The van der Waals surface area contributed by atoms with Crippen molar-refractivity contribution in [3.8, 4) is 17.1 Å². The van der Waals surface area contributed by atoms with Gasteiger partial charge < -0.3 is 24.4 Å². The van der Waals surface area contributed by atoms with Crippen molar-refractivity contribution in [2.45, 2.75) is 66.0 Å². The van der Waals surface area contributed by atoms with Crippen molar-refractivity contribution in [3.05, 3.63) is 63.0 Å². The molecule has 0 saturated heterocycles. The lowest BCUT2D eigenvalue weighted by atomic mass is 9.96. The highest BCUT2D eigenvalue weighted by atomic mass is 16.6. The molecule has 242 valence electrons. The number of amides is 1. The highest BCUT2D eigenvalue weighted by molar-refractivity contribution is 5.90. The topological polar surface area (TPSA) is 151 Å². The zero-order valence-electron chi connectivity index (χ0n) is 27.0. The summed E-state index contributed by atoms with van der Waals surface area (Å²) in [4.78, 5) is 42.4. The summed E-state index contributed by atoms with van der Waals surface area (Å²) in [6.07, 6.45) is 3.30. The maximum absolute atomic E-state index is 12.6. The Labute approximate surface area is 263 Å². The van der Waals surface area contributed by atoms with Crippen LogP contribution in [-0.4, -0.2) is 69.1 Å². The summed E-state index contributed by atoms with van der Waals surface area (Å²) in [6, 6.07) is 6.55. The number of nitrogens with zero attached hydrogens (tertiary/aromatic N) is 5. The third-order valence-electron chi connectivity index (χ3n) is 7.47.